The van der Waals surface area contributed by atoms with Crippen LogP contribution in [0.1, 0.15) is 12.0 Å². The summed E-state index contributed by atoms with van der Waals surface area (Å²) in [6.07, 6.45) is -3.74. The van der Waals surface area contributed by atoms with Crippen LogP contribution in [0.4, 0.5) is 13.2 Å². The molecule has 1 aliphatic rings. The van der Waals surface area contributed by atoms with Gasteiger partial charge in [0.1, 0.15) is 0 Å². The quantitative estimate of drug-likeness (QED) is 0.788. The number of benzene rings is 1. The predicted molar refractivity (Wildman–Crippen MR) is 68.7 cm³/mol. The van der Waals surface area contributed by atoms with Crippen molar-refractivity contribution in [3.63, 3.8) is 0 Å². The zero-order valence-electron chi connectivity index (χ0n) is 10.8. The Morgan fingerprint density at radius 2 is 1.85 bits per heavy atom. The molecule has 0 amide bonds. The van der Waals surface area contributed by atoms with Crippen LogP contribution in [0.15, 0.2) is 40.8 Å². The Bertz CT molecular complexity index is 635. The van der Waals surface area contributed by atoms with Crippen molar-refractivity contribution in [1.82, 2.24) is 4.31 Å². The van der Waals surface area contributed by atoms with Crippen LogP contribution in [0.5, 0.6) is 0 Å². The van der Waals surface area contributed by atoms with Crippen LogP contribution in [-0.4, -0.2) is 32.0 Å². The Morgan fingerprint density at radius 1 is 1.20 bits per heavy atom. The number of sulfonamides is 1. The van der Waals surface area contributed by atoms with Crippen LogP contribution in [0.2, 0.25) is 0 Å². The van der Waals surface area contributed by atoms with E-state index in [1.807, 2.05) is 0 Å². The average molecular weight is 305 g/mol. The molecule has 0 aromatic heterocycles. The van der Waals surface area contributed by atoms with Gasteiger partial charge in [0.2, 0.25) is 10.0 Å². The minimum atomic E-state index is -4.38. The summed E-state index contributed by atoms with van der Waals surface area (Å²) in [4.78, 5) is 0.142. The highest BCUT2D eigenvalue weighted by Gasteiger charge is 2.37. The molecular weight excluding hydrogens is 291 g/mol. The van der Waals surface area contributed by atoms with Crippen LogP contribution < -0.4 is 0 Å². The normalized spacial score (nSPS) is 17.9. The van der Waals surface area contributed by atoms with Crippen molar-refractivity contribution in [2.24, 2.45) is 0 Å². The van der Waals surface area contributed by atoms with Crippen LogP contribution in [-0.2, 0) is 10.0 Å². The van der Waals surface area contributed by atoms with Gasteiger partial charge in [-0.05, 0) is 25.0 Å². The van der Waals surface area contributed by atoms with E-state index in [-0.39, 0.29) is 24.4 Å². The Labute approximate surface area is 115 Å². The third-order valence-electron chi connectivity index (χ3n) is 3.25. The minimum absolute atomic E-state index is 0.142. The molecule has 0 unspecified atom stereocenters. The fraction of sp³-hybridized carbons (Fsp3) is 0.385. The third-order valence-corrected chi connectivity index (χ3v) is 5.27. The number of rotatable bonds is 2. The highest BCUT2D eigenvalue weighted by atomic mass is 32.2. The number of hydrogen-bond acceptors (Lipinski definition) is 2. The first-order chi connectivity index (χ1) is 9.23. The first-order valence-corrected chi connectivity index (χ1v) is 7.49. The second kappa shape index (κ2) is 5.21. The Kier molecular flexibility index (Phi) is 3.93. The first-order valence-electron chi connectivity index (χ1n) is 6.05. The number of aryl methyl sites for hydroxylation is 1. The van der Waals surface area contributed by atoms with Gasteiger partial charge in [0, 0.05) is 18.7 Å². The van der Waals surface area contributed by atoms with Gasteiger partial charge in [0.15, 0.2) is 0 Å². The molecule has 0 saturated carbocycles. The molecule has 110 valence electrons. The van der Waals surface area contributed by atoms with Crippen molar-refractivity contribution in [2.75, 3.05) is 13.1 Å². The Hall–Kier alpha value is -1.34. The van der Waals surface area contributed by atoms with E-state index >= 15 is 0 Å². The van der Waals surface area contributed by atoms with E-state index in [0.717, 1.165) is 10.4 Å². The van der Waals surface area contributed by atoms with E-state index in [2.05, 4.69) is 0 Å². The molecule has 0 spiro atoms. The van der Waals surface area contributed by atoms with Gasteiger partial charge in [0.05, 0.1) is 4.90 Å². The summed E-state index contributed by atoms with van der Waals surface area (Å²) in [7, 11) is -3.74. The molecule has 0 bridgehead atoms. The van der Waals surface area contributed by atoms with E-state index in [9.17, 15) is 21.6 Å². The average Bonchev–Trinajstić information content (AvgIpc) is 2.38. The van der Waals surface area contributed by atoms with Crippen molar-refractivity contribution in [3.05, 3.63) is 41.5 Å². The van der Waals surface area contributed by atoms with Crippen molar-refractivity contribution < 1.29 is 21.6 Å². The maximum atomic E-state index is 12.5. The van der Waals surface area contributed by atoms with Gasteiger partial charge in [-0.25, -0.2) is 8.42 Å². The van der Waals surface area contributed by atoms with Gasteiger partial charge >= 0.3 is 6.18 Å². The Morgan fingerprint density at radius 3 is 2.35 bits per heavy atom. The number of hydrogen-bond donors (Lipinski definition) is 0. The molecule has 2 rings (SSSR count). The highest BCUT2D eigenvalue weighted by Crippen LogP contribution is 2.31. The van der Waals surface area contributed by atoms with Crippen molar-refractivity contribution >= 4 is 10.0 Å². The molecule has 1 aromatic carbocycles. The molecule has 1 aliphatic heterocycles. The summed E-state index contributed by atoms with van der Waals surface area (Å²) >= 11 is 0. The zero-order valence-corrected chi connectivity index (χ0v) is 11.6. The molecule has 0 N–H and O–H groups in total. The van der Waals surface area contributed by atoms with E-state index in [1.54, 1.807) is 25.1 Å². The van der Waals surface area contributed by atoms with E-state index in [4.69, 9.17) is 0 Å². The predicted octanol–water partition coefficient (Wildman–Crippen LogP) is 2.88. The van der Waals surface area contributed by atoms with E-state index in [0.29, 0.717) is 5.56 Å². The molecule has 20 heavy (non-hydrogen) atoms. The lowest BCUT2D eigenvalue weighted by Crippen LogP contribution is -2.37. The Balaban J connectivity index is 2.27. The molecule has 1 aromatic rings. The fourth-order valence-corrected chi connectivity index (χ4v) is 3.72. The summed E-state index contributed by atoms with van der Waals surface area (Å²) in [5.41, 5.74) is -0.0770. The summed E-state index contributed by atoms with van der Waals surface area (Å²) in [6, 6.07) is 6.44. The summed E-state index contributed by atoms with van der Waals surface area (Å²) < 4.78 is 63.4. The van der Waals surface area contributed by atoms with Gasteiger partial charge in [-0.15, -0.1) is 0 Å². The number of halogens is 3. The lowest BCUT2D eigenvalue weighted by Gasteiger charge is -2.27. The van der Waals surface area contributed by atoms with Crippen LogP contribution in [0.3, 0.4) is 0 Å². The zero-order chi connectivity index (χ0) is 15.0. The standard InChI is InChI=1S/C13H14F3NO2S/c1-10-4-2-3-5-12(10)20(18,19)17-8-6-11(7-9-17)13(14,15)16/h2-6H,7-9H2,1H3. The summed E-state index contributed by atoms with van der Waals surface area (Å²) in [6.45, 7) is 1.27. The fourth-order valence-electron chi connectivity index (χ4n) is 2.11. The number of alkyl halides is 3. The molecular formula is C13H14F3NO2S. The number of nitrogens with zero attached hydrogens (tertiary/aromatic N) is 1. The SMILES string of the molecule is Cc1ccccc1S(=O)(=O)N1CC=C(C(F)(F)F)CC1. The molecule has 3 nitrogen and oxygen atoms in total. The summed E-state index contributed by atoms with van der Waals surface area (Å²) in [5.74, 6) is 0. The molecule has 0 fully saturated rings. The lowest BCUT2D eigenvalue weighted by molar-refractivity contribution is -0.0953. The first kappa shape index (κ1) is 15.1. The monoisotopic (exact) mass is 305 g/mol. The summed E-state index contributed by atoms with van der Waals surface area (Å²) in [5, 5.41) is 0. The van der Waals surface area contributed by atoms with Crippen LogP contribution in [0, 0.1) is 6.92 Å². The topological polar surface area (TPSA) is 37.4 Å². The minimum Gasteiger partial charge on any atom is -0.207 e. The molecule has 0 saturated heterocycles. The van der Waals surface area contributed by atoms with Gasteiger partial charge in [-0.2, -0.15) is 17.5 Å². The molecule has 1 heterocycles. The highest BCUT2D eigenvalue weighted by molar-refractivity contribution is 7.89. The van der Waals surface area contributed by atoms with Crippen molar-refractivity contribution in [1.29, 1.82) is 0 Å². The largest absolute Gasteiger partial charge is 0.412 e. The van der Waals surface area contributed by atoms with Gasteiger partial charge in [-0.1, -0.05) is 24.3 Å². The molecule has 0 atom stereocenters. The lowest BCUT2D eigenvalue weighted by atomic mass is 10.1. The molecule has 0 radical (unpaired) electrons. The third kappa shape index (κ3) is 2.88. The van der Waals surface area contributed by atoms with Gasteiger partial charge in [-0.3, -0.25) is 0 Å². The van der Waals surface area contributed by atoms with Crippen molar-refractivity contribution in [2.45, 2.75) is 24.4 Å². The smallest absolute Gasteiger partial charge is 0.207 e. The second-order valence-electron chi connectivity index (χ2n) is 4.61. The van der Waals surface area contributed by atoms with Crippen LogP contribution in [0.25, 0.3) is 0 Å². The maximum Gasteiger partial charge on any atom is 0.412 e. The van der Waals surface area contributed by atoms with Gasteiger partial charge in [0.25, 0.3) is 0 Å². The van der Waals surface area contributed by atoms with E-state index < -0.39 is 21.8 Å². The molecule has 7 heteroatoms. The van der Waals surface area contributed by atoms with Crippen LogP contribution >= 0.6 is 0 Å². The van der Waals surface area contributed by atoms with E-state index in [1.165, 1.54) is 6.07 Å². The van der Waals surface area contributed by atoms with Crippen molar-refractivity contribution in [3.8, 4) is 0 Å². The van der Waals surface area contributed by atoms with Gasteiger partial charge < -0.3 is 0 Å². The maximum absolute atomic E-state index is 12.5. The molecule has 0 aliphatic carbocycles. The second-order valence-corrected chi connectivity index (χ2v) is 6.51.